The number of fused-ring (bicyclic) bond motifs is 1. The Kier molecular flexibility index (Phi) is 4.12. The molecule has 0 amide bonds. The maximum absolute atomic E-state index is 6.23. The molecule has 0 fully saturated rings. The molecule has 2 aromatic rings. The van der Waals surface area contributed by atoms with Gasteiger partial charge in [-0.1, -0.05) is 47.5 Å². The molecular formula is C17H17Cl2NO. The molecule has 3 rings (SSSR count). The Balaban J connectivity index is 1.92. The van der Waals surface area contributed by atoms with Gasteiger partial charge < -0.3 is 9.64 Å². The molecule has 0 N–H and O–H groups in total. The normalized spacial score (nSPS) is 20.6. The van der Waals surface area contributed by atoms with E-state index in [1.54, 1.807) is 12.1 Å². The fourth-order valence-corrected chi connectivity index (χ4v) is 3.12. The summed E-state index contributed by atoms with van der Waals surface area (Å²) in [6.07, 6.45) is 1.00. The van der Waals surface area contributed by atoms with E-state index in [1.165, 1.54) is 11.1 Å². The van der Waals surface area contributed by atoms with E-state index in [1.807, 2.05) is 6.07 Å². The smallest absolute Gasteiger partial charge is 0.140 e. The molecule has 0 radical (unpaired) electrons. The predicted molar refractivity (Wildman–Crippen MR) is 87.5 cm³/mol. The van der Waals surface area contributed by atoms with Crippen molar-refractivity contribution in [1.29, 1.82) is 0 Å². The van der Waals surface area contributed by atoms with Crippen molar-refractivity contribution in [3.63, 3.8) is 0 Å². The van der Waals surface area contributed by atoms with Crippen LogP contribution >= 0.6 is 23.2 Å². The lowest BCUT2D eigenvalue weighted by Gasteiger charge is -2.27. The minimum Gasteiger partial charge on any atom is -0.484 e. The third-order valence-corrected chi connectivity index (χ3v) is 4.70. The number of hydrogen-bond donors (Lipinski definition) is 0. The van der Waals surface area contributed by atoms with Crippen molar-refractivity contribution >= 4 is 23.2 Å². The van der Waals surface area contributed by atoms with Crippen molar-refractivity contribution in [1.82, 2.24) is 4.90 Å². The van der Waals surface area contributed by atoms with Gasteiger partial charge in [0.25, 0.3) is 0 Å². The molecule has 21 heavy (non-hydrogen) atoms. The Labute approximate surface area is 135 Å². The Morgan fingerprint density at radius 2 is 1.81 bits per heavy atom. The van der Waals surface area contributed by atoms with Crippen LogP contribution in [-0.4, -0.2) is 25.0 Å². The van der Waals surface area contributed by atoms with E-state index in [2.05, 4.69) is 43.3 Å². The number of nitrogens with zero attached hydrogens (tertiary/aromatic N) is 1. The van der Waals surface area contributed by atoms with Crippen LogP contribution in [0.3, 0.4) is 0 Å². The van der Waals surface area contributed by atoms with Gasteiger partial charge in [0.15, 0.2) is 0 Å². The van der Waals surface area contributed by atoms with E-state index < -0.39 is 0 Å². The van der Waals surface area contributed by atoms with Gasteiger partial charge in [0.2, 0.25) is 0 Å². The third-order valence-electron chi connectivity index (χ3n) is 3.96. The summed E-state index contributed by atoms with van der Waals surface area (Å²) in [5, 5.41) is 1.06. The summed E-state index contributed by atoms with van der Waals surface area (Å²) in [5.41, 5.74) is 2.60. The highest BCUT2D eigenvalue weighted by Crippen LogP contribution is 2.38. The molecule has 110 valence electrons. The molecule has 2 unspecified atom stereocenters. The number of likely N-dealkylation sites (N-methyl/N-ethyl adjacent to an activating group) is 1. The molecule has 0 heterocycles. The summed E-state index contributed by atoms with van der Waals surface area (Å²) in [5.74, 6) is 0.748. The molecule has 0 saturated carbocycles. The maximum atomic E-state index is 6.23. The van der Waals surface area contributed by atoms with Crippen LogP contribution in [0.4, 0.5) is 0 Å². The van der Waals surface area contributed by atoms with Gasteiger partial charge in [0.05, 0.1) is 16.1 Å². The summed E-state index contributed by atoms with van der Waals surface area (Å²) in [7, 11) is 4.17. The number of ether oxygens (including phenoxy) is 1. The van der Waals surface area contributed by atoms with Crippen molar-refractivity contribution in [2.75, 3.05) is 14.1 Å². The topological polar surface area (TPSA) is 12.5 Å². The molecule has 1 aliphatic rings. The Bertz CT molecular complexity index is 657. The minimum atomic E-state index is 0.00782. The largest absolute Gasteiger partial charge is 0.484 e. The second kappa shape index (κ2) is 5.88. The van der Waals surface area contributed by atoms with Crippen LogP contribution in [0.15, 0.2) is 42.5 Å². The molecule has 2 aromatic carbocycles. The van der Waals surface area contributed by atoms with Crippen molar-refractivity contribution in [3.05, 3.63) is 63.6 Å². The lowest BCUT2D eigenvalue weighted by molar-refractivity contribution is 0.111. The van der Waals surface area contributed by atoms with Gasteiger partial charge in [-0.25, -0.2) is 0 Å². The Hall–Kier alpha value is -1.22. The zero-order valence-corrected chi connectivity index (χ0v) is 13.5. The van der Waals surface area contributed by atoms with Gasteiger partial charge >= 0.3 is 0 Å². The first-order valence-corrected chi connectivity index (χ1v) is 7.68. The average Bonchev–Trinajstić information content (AvgIpc) is 2.82. The highest BCUT2D eigenvalue weighted by Gasteiger charge is 2.35. The Morgan fingerprint density at radius 1 is 1.05 bits per heavy atom. The van der Waals surface area contributed by atoms with Crippen LogP contribution in [0.25, 0.3) is 0 Å². The molecule has 0 saturated heterocycles. The van der Waals surface area contributed by atoms with E-state index in [9.17, 15) is 0 Å². The van der Waals surface area contributed by atoms with Crippen molar-refractivity contribution in [2.45, 2.75) is 18.6 Å². The molecule has 2 nitrogen and oxygen atoms in total. The van der Waals surface area contributed by atoms with Gasteiger partial charge in [-0.2, -0.15) is 0 Å². The lowest BCUT2D eigenvalue weighted by Crippen LogP contribution is -2.34. The molecule has 0 aliphatic heterocycles. The van der Waals surface area contributed by atoms with Crippen LogP contribution in [-0.2, 0) is 6.42 Å². The minimum absolute atomic E-state index is 0.00782. The first-order valence-electron chi connectivity index (χ1n) is 6.92. The highest BCUT2D eigenvalue weighted by molar-refractivity contribution is 6.42. The summed E-state index contributed by atoms with van der Waals surface area (Å²) < 4.78 is 6.23. The number of halogens is 2. The summed E-state index contributed by atoms with van der Waals surface area (Å²) >= 11 is 12.0. The van der Waals surface area contributed by atoms with Gasteiger partial charge in [-0.05, 0) is 43.8 Å². The molecule has 4 heteroatoms. The molecule has 2 atom stereocenters. The molecule has 0 bridgehead atoms. The third kappa shape index (κ3) is 2.89. The molecule has 0 spiro atoms. The van der Waals surface area contributed by atoms with E-state index in [0.29, 0.717) is 16.1 Å². The number of rotatable bonds is 3. The number of hydrogen-bond acceptors (Lipinski definition) is 2. The van der Waals surface area contributed by atoms with E-state index in [0.717, 1.165) is 12.2 Å². The summed E-state index contributed by atoms with van der Waals surface area (Å²) in [6.45, 7) is 0. The standard InChI is InChI=1S/C17H17Cl2NO/c1-20(2)16-9-11-5-3-4-6-13(11)17(16)21-12-7-8-14(18)15(19)10-12/h3-8,10,16-17H,9H2,1-2H3. The van der Waals surface area contributed by atoms with Gasteiger partial charge in [0, 0.05) is 6.07 Å². The van der Waals surface area contributed by atoms with E-state index >= 15 is 0 Å². The van der Waals surface area contributed by atoms with Crippen molar-refractivity contribution in [2.24, 2.45) is 0 Å². The lowest BCUT2D eigenvalue weighted by atomic mass is 10.1. The quantitative estimate of drug-likeness (QED) is 0.819. The number of benzene rings is 2. The summed E-state index contributed by atoms with van der Waals surface area (Å²) in [6, 6.07) is 14.2. The monoisotopic (exact) mass is 321 g/mol. The highest BCUT2D eigenvalue weighted by atomic mass is 35.5. The molecular weight excluding hydrogens is 305 g/mol. The SMILES string of the molecule is CN(C)C1Cc2ccccc2C1Oc1ccc(Cl)c(Cl)c1. The zero-order chi connectivity index (χ0) is 15.0. The van der Waals surface area contributed by atoms with E-state index in [4.69, 9.17) is 27.9 Å². The van der Waals surface area contributed by atoms with Crippen LogP contribution in [0.1, 0.15) is 17.2 Å². The van der Waals surface area contributed by atoms with Gasteiger partial charge in [-0.15, -0.1) is 0 Å². The fourth-order valence-electron chi connectivity index (χ4n) is 2.83. The fraction of sp³-hybridized carbons (Fsp3) is 0.294. The zero-order valence-electron chi connectivity index (χ0n) is 12.0. The van der Waals surface area contributed by atoms with Crippen LogP contribution in [0.2, 0.25) is 10.0 Å². The van der Waals surface area contributed by atoms with Crippen molar-refractivity contribution in [3.8, 4) is 5.75 Å². The van der Waals surface area contributed by atoms with Gasteiger partial charge in [0.1, 0.15) is 11.9 Å². The Morgan fingerprint density at radius 3 is 2.52 bits per heavy atom. The average molecular weight is 322 g/mol. The van der Waals surface area contributed by atoms with E-state index in [-0.39, 0.29) is 6.10 Å². The first-order chi connectivity index (χ1) is 10.1. The second-order valence-corrected chi connectivity index (χ2v) is 6.36. The van der Waals surface area contributed by atoms with Gasteiger partial charge in [-0.3, -0.25) is 0 Å². The van der Waals surface area contributed by atoms with Crippen LogP contribution in [0, 0.1) is 0 Å². The van der Waals surface area contributed by atoms with Crippen molar-refractivity contribution < 1.29 is 4.74 Å². The second-order valence-electron chi connectivity index (χ2n) is 5.55. The predicted octanol–water partition coefficient (Wildman–Crippen LogP) is 4.60. The maximum Gasteiger partial charge on any atom is 0.140 e. The molecule has 1 aliphatic carbocycles. The van der Waals surface area contributed by atoms with Crippen LogP contribution in [0.5, 0.6) is 5.75 Å². The summed E-state index contributed by atoms with van der Waals surface area (Å²) in [4.78, 5) is 2.21. The first kappa shape index (κ1) is 14.7. The molecule has 0 aromatic heterocycles. The van der Waals surface area contributed by atoms with Crippen LogP contribution < -0.4 is 4.74 Å².